The second-order valence-corrected chi connectivity index (χ2v) is 6.44. The molecule has 1 aromatic rings. The van der Waals surface area contributed by atoms with Crippen LogP contribution in [0.15, 0.2) is 18.2 Å². The highest BCUT2D eigenvalue weighted by atomic mass is 32.2. The largest absolute Gasteiger partial charge is 0.387 e. The summed E-state index contributed by atoms with van der Waals surface area (Å²) in [5.74, 6) is -0.331. The van der Waals surface area contributed by atoms with Crippen LogP contribution in [0.25, 0.3) is 0 Å². The fraction of sp³-hybridized carbons (Fsp3) is 0.417. The number of hydrogen-bond donors (Lipinski definition) is 2. The number of anilines is 1. The van der Waals surface area contributed by atoms with Gasteiger partial charge in [-0.05, 0) is 24.6 Å². The molecule has 0 spiro atoms. The van der Waals surface area contributed by atoms with Crippen molar-refractivity contribution < 1.29 is 13.2 Å². The van der Waals surface area contributed by atoms with Crippen LogP contribution in [0.4, 0.5) is 5.69 Å². The Balaban J connectivity index is 2.73. The average Bonchev–Trinajstić information content (AvgIpc) is 2.26. The van der Waals surface area contributed by atoms with Gasteiger partial charge < -0.3 is 10.6 Å². The van der Waals surface area contributed by atoms with Crippen LogP contribution in [0.5, 0.6) is 0 Å². The van der Waals surface area contributed by atoms with Crippen LogP contribution >= 0.6 is 0 Å². The van der Waals surface area contributed by atoms with E-state index < -0.39 is 9.84 Å². The highest BCUT2D eigenvalue weighted by Crippen LogP contribution is 2.16. The van der Waals surface area contributed by atoms with Crippen LogP contribution in [0.1, 0.15) is 15.9 Å². The Kier molecular flexibility index (Phi) is 4.72. The van der Waals surface area contributed by atoms with Crippen molar-refractivity contribution in [3.05, 3.63) is 29.3 Å². The lowest BCUT2D eigenvalue weighted by molar-refractivity contribution is 0.0957. The lowest BCUT2D eigenvalue weighted by Crippen LogP contribution is -2.29. The minimum absolute atomic E-state index is 0.0561. The van der Waals surface area contributed by atoms with Gasteiger partial charge in [0.15, 0.2) is 0 Å². The first-order valence-electron chi connectivity index (χ1n) is 5.58. The van der Waals surface area contributed by atoms with E-state index in [9.17, 15) is 13.2 Å². The van der Waals surface area contributed by atoms with Gasteiger partial charge >= 0.3 is 0 Å². The lowest BCUT2D eigenvalue weighted by atomic mass is 10.1. The third-order valence-corrected chi connectivity index (χ3v) is 3.39. The fourth-order valence-electron chi connectivity index (χ4n) is 1.51. The number of carbonyl (C=O) groups is 1. The van der Waals surface area contributed by atoms with Crippen molar-refractivity contribution in [2.24, 2.45) is 0 Å². The Labute approximate surface area is 108 Å². The minimum Gasteiger partial charge on any atom is -0.387 e. The molecule has 0 saturated heterocycles. The molecule has 6 heteroatoms. The van der Waals surface area contributed by atoms with Gasteiger partial charge in [-0.1, -0.05) is 6.07 Å². The van der Waals surface area contributed by atoms with Gasteiger partial charge in [0.25, 0.3) is 5.91 Å². The maximum atomic E-state index is 11.9. The van der Waals surface area contributed by atoms with Crippen molar-refractivity contribution >= 4 is 21.4 Å². The molecule has 0 aromatic heterocycles. The standard InChI is InChI=1S/C12H18N2O3S/c1-9-4-5-10(11(8-9)13-2)12(15)14-6-7-18(3,16)17/h4-5,8,13H,6-7H2,1-3H3,(H,14,15). The van der Waals surface area contributed by atoms with E-state index in [1.165, 1.54) is 0 Å². The number of hydrogen-bond acceptors (Lipinski definition) is 4. The van der Waals surface area contributed by atoms with Crippen molar-refractivity contribution in [3.63, 3.8) is 0 Å². The number of nitrogens with one attached hydrogen (secondary N) is 2. The molecule has 0 atom stereocenters. The van der Waals surface area contributed by atoms with E-state index in [0.29, 0.717) is 5.56 Å². The van der Waals surface area contributed by atoms with Crippen LogP contribution in [-0.2, 0) is 9.84 Å². The Morgan fingerprint density at radius 2 is 2.00 bits per heavy atom. The summed E-state index contributed by atoms with van der Waals surface area (Å²) in [5, 5.41) is 5.54. The van der Waals surface area contributed by atoms with E-state index in [2.05, 4.69) is 10.6 Å². The lowest BCUT2D eigenvalue weighted by Gasteiger charge is -2.10. The molecular formula is C12H18N2O3S. The van der Waals surface area contributed by atoms with Gasteiger partial charge in [0.2, 0.25) is 0 Å². The molecule has 0 aliphatic carbocycles. The van der Waals surface area contributed by atoms with Crippen LogP contribution in [-0.4, -0.2) is 39.9 Å². The molecule has 0 aliphatic rings. The van der Waals surface area contributed by atoms with Crippen molar-refractivity contribution in [2.45, 2.75) is 6.92 Å². The summed E-state index contributed by atoms with van der Waals surface area (Å²) in [7, 11) is -1.32. The molecule has 0 radical (unpaired) electrons. The van der Waals surface area contributed by atoms with E-state index in [4.69, 9.17) is 0 Å². The molecule has 100 valence electrons. The second kappa shape index (κ2) is 5.86. The predicted molar refractivity (Wildman–Crippen MR) is 72.8 cm³/mol. The average molecular weight is 270 g/mol. The SMILES string of the molecule is CNc1cc(C)ccc1C(=O)NCCS(C)(=O)=O. The number of carbonyl (C=O) groups excluding carboxylic acids is 1. The maximum absolute atomic E-state index is 11.9. The number of aryl methyl sites for hydroxylation is 1. The van der Waals surface area contributed by atoms with Crippen LogP contribution < -0.4 is 10.6 Å². The Morgan fingerprint density at radius 1 is 1.33 bits per heavy atom. The Bertz CT molecular complexity index is 538. The first kappa shape index (κ1) is 14.5. The first-order valence-corrected chi connectivity index (χ1v) is 7.64. The summed E-state index contributed by atoms with van der Waals surface area (Å²) in [6, 6.07) is 5.43. The zero-order chi connectivity index (χ0) is 13.8. The van der Waals surface area contributed by atoms with Crippen LogP contribution in [0.3, 0.4) is 0 Å². The number of sulfone groups is 1. The van der Waals surface area contributed by atoms with E-state index in [0.717, 1.165) is 17.5 Å². The Morgan fingerprint density at radius 3 is 2.56 bits per heavy atom. The highest BCUT2D eigenvalue weighted by molar-refractivity contribution is 7.90. The van der Waals surface area contributed by atoms with Crippen molar-refractivity contribution in [1.29, 1.82) is 0 Å². The molecule has 0 unspecified atom stereocenters. The summed E-state index contributed by atoms with van der Waals surface area (Å²) in [4.78, 5) is 11.9. The molecule has 1 aromatic carbocycles. The van der Waals surface area contributed by atoms with Gasteiger partial charge in [-0.2, -0.15) is 0 Å². The van der Waals surface area contributed by atoms with Crippen LogP contribution in [0.2, 0.25) is 0 Å². The summed E-state index contributed by atoms with van der Waals surface area (Å²) in [6.07, 6.45) is 1.14. The normalized spacial score (nSPS) is 11.1. The van der Waals surface area contributed by atoms with E-state index >= 15 is 0 Å². The van der Waals surface area contributed by atoms with Gasteiger partial charge in [0.1, 0.15) is 9.84 Å². The smallest absolute Gasteiger partial charge is 0.253 e. The fourth-order valence-corrected chi connectivity index (χ4v) is 1.98. The van der Waals surface area contributed by atoms with Gasteiger partial charge in [-0.25, -0.2) is 8.42 Å². The maximum Gasteiger partial charge on any atom is 0.253 e. The molecule has 5 nitrogen and oxygen atoms in total. The van der Waals surface area contributed by atoms with Gasteiger partial charge in [0.05, 0.1) is 11.3 Å². The summed E-state index contributed by atoms with van der Waals surface area (Å²) in [6.45, 7) is 2.06. The topological polar surface area (TPSA) is 75.3 Å². The van der Waals surface area contributed by atoms with Gasteiger partial charge in [-0.15, -0.1) is 0 Å². The summed E-state index contributed by atoms with van der Waals surface area (Å²) in [5.41, 5.74) is 2.29. The molecule has 0 aliphatic heterocycles. The van der Waals surface area contributed by atoms with E-state index in [1.54, 1.807) is 13.1 Å². The minimum atomic E-state index is -3.05. The van der Waals surface area contributed by atoms with Crippen molar-refractivity contribution in [2.75, 3.05) is 30.9 Å². The van der Waals surface area contributed by atoms with Gasteiger partial charge in [0, 0.05) is 25.5 Å². The summed E-state index contributed by atoms with van der Waals surface area (Å²) >= 11 is 0. The molecular weight excluding hydrogens is 252 g/mol. The quantitative estimate of drug-likeness (QED) is 0.830. The summed E-state index contributed by atoms with van der Waals surface area (Å²) < 4.78 is 21.9. The van der Waals surface area contributed by atoms with E-state index in [-0.39, 0.29) is 18.2 Å². The highest BCUT2D eigenvalue weighted by Gasteiger charge is 2.11. The molecule has 2 N–H and O–H groups in total. The van der Waals surface area contributed by atoms with E-state index in [1.807, 2.05) is 19.1 Å². The number of rotatable bonds is 5. The predicted octanol–water partition coefficient (Wildman–Crippen LogP) is 0.811. The molecule has 1 amide bonds. The molecule has 18 heavy (non-hydrogen) atoms. The monoisotopic (exact) mass is 270 g/mol. The zero-order valence-electron chi connectivity index (χ0n) is 10.8. The molecule has 0 heterocycles. The van der Waals surface area contributed by atoms with Gasteiger partial charge in [-0.3, -0.25) is 4.79 Å². The second-order valence-electron chi connectivity index (χ2n) is 4.18. The van der Waals surface area contributed by atoms with Crippen LogP contribution in [0, 0.1) is 6.92 Å². The zero-order valence-corrected chi connectivity index (χ0v) is 11.6. The number of benzene rings is 1. The van der Waals surface area contributed by atoms with Crippen molar-refractivity contribution in [3.8, 4) is 0 Å². The molecule has 1 rings (SSSR count). The molecule has 0 saturated carbocycles. The first-order chi connectivity index (χ1) is 8.33. The number of amides is 1. The van der Waals surface area contributed by atoms with Crippen molar-refractivity contribution in [1.82, 2.24) is 5.32 Å². The third kappa shape index (κ3) is 4.37. The molecule has 0 fully saturated rings. The molecule has 0 bridgehead atoms. The Hall–Kier alpha value is -1.56. The third-order valence-electron chi connectivity index (χ3n) is 2.45.